The molecular formula is C21H35N3O. The maximum atomic E-state index is 12.6. The molecule has 1 amide bonds. The summed E-state index contributed by atoms with van der Waals surface area (Å²) in [6, 6.07) is 8.91. The monoisotopic (exact) mass is 345 g/mol. The van der Waals surface area contributed by atoms with Crippen LogP contribution in [0.5, 0.6) is 0 Å². The van der Waals surface area contributed by atoms with E-state index in [0.717, 1.165) is 52.1 Å². The largest absolute Gasteiger partial charge is 0.338 e. The highest BCUT2D eigenvalue weighted by atomic mass is 16.2. The van der Waals surface area contributed by atoms with E-state index in [1.54, 1.807) is 0 Å². The van der Waals surface area contributed by atoms with E-state index in [0.29, 0.717) is 18.4 Å². The molecule has 1 unspecified atom stereocenters. The van der Waals surface area contributed by atoms with E-state index in [9.17, 15) is 4.79 Å². The molecule has 0 bridgehead atoms. The van der Waals surface area contributed by atoms with Crippen LogP contribution in [0.2, 0.25) is 0 Å². The molecule has 1 atom stereocenters. The molecule has 0 N–H and O–H groups in total. The maximum absolute atomic E-state index is 12.6. The Balaban J connectivity index is 1.89. The van der Waals surface area contributed by atoms with Crippen LogP contribution in [0.25, 0.3) is 0 Å². The lowest BCUT2D eigenvalue weighted by molar-refractivity contribution is -0.131. The van der Waals surface area contributed by atoms with Gasteiger partial charge in [-0.1, -0.05) is 38.1 Å². The molecule has 0 aliphatic carbocycles. The summed E-state index contributed by atoms with van der Waals surface area (Å²) in [5.74, 6) is 0.308. The number of rotatable bonds is 8. The van der Waals surface area contributed by atoms with Gasteiger partial charge in [-0.05, 0) is 51.0 Å². The second-order valence-corrected chi connectivity index (χ2v) is 7.23. The molecule has 25 heavy (non-hydrogen) atoms. The van der Waals surface area contributed by atoms with Crippen molar-refractivity contribution in [2.45, 2.75) is 52.6 Å². The molecule has 0 aromatic heterocycles. The van der Waals surface area contributed by atoms with Gasteiger partial charge in [-0.25, -0.2) is 0 Å². The second-order valence-electron chi connectivity index (χ2n) is 7.23. The molecule has 0 saturated carbocycles. The number of hydrogen-bond acceptors (Lipinski definition) is 3. The van der Waals surface area contributed by atoms with E-state index in [-0.39, 0.29) is 0 Å². The Morgan fingerprint density at radius 1 is 1.12 bits per heavy atom. The summed E-state index contributed by atoms with van der Waals surface area (Å²) in [5.41, 5.74) is 2.54. The summed E-state index contributed by atoms with van der Waals surface area (Å²) in [6.45, 7) is 12.6. The van der Waals surface area contributed by atoms with Crippen LogP contribution in [0.4, 0.5) is 0 Å². The SMILES string of the molecule is CCN(CC)CCN(C)C1CCC(=O)N(Cc2ccccc2C)CC1. The van der Waals surface area contributed by atoms with Gasteiger partial charge in [-0.2, -0.15) is 0 Å². The van der Waals surface area contributed by atoms with Gasteiger partial charge in [-0.3, -0.25) is 4.79 Å². The van der Waals surface area contributed by atoms with Crippen LogP contribution >= 0.6 is 0 Å². The number of aryl methyl sites for hydroxylation is 1. The van der Waals surface area contributed by atoms with E-state index in [4.69, 9.17) is 0 Å². The highest BCUT2D eigenvalue weighted by molar-refractivity contribution is 5.76. The van der Waals surface area contributed by atoms with Crippen molar-refractivity contribution >= 4 is 5.91 Å². The summed E-state index contributed by atoms with van der Waals surface area (Å²) >= 11 is 0. The third-order valence-electron chi connectivity index (χ3n) is 5.69. The minimum Gasteiger partial charge on any atom is -0.338 e. The molecule has 1 heterocycles. The quantitative estimate of drug-likeness (QED) is 0.724. The predicted octanol–water partition coefficient (Wildman–Crippen LogP) is 3.15. The van der Waals surface area contributed by atoms with E-state index >= 15 is 0 Å². The Morgan fingerprint density at radius 2 is 1.84 bits per heavy atom. The van der Waals surface area contributed by atoms with Crippen LogP contribution in [0.1, 0.15) is 44.2 Å². The van der Waals surface area contributed by atoms with Gasteiger partial charge >= 0.3 is 0 Å². The zero-order chi connectivity index (χ0) is 18.2. The van der Waals surface area contributed by atoms with Crippen molar-refractivity contribution in [2.24, 2.45) is 0 Å². The summed E-state index contributed by atoms with van der Waals surface area (Å²) in [7, 11) is 2.22. The molecule has 1 fully saturated rings. The first kappa shape index (κ1) is 19.9. The van der Waals surface area contributed by atoms with Crippen LogP contribution in [0.15, 0.2) is 24.3 Å². The Labute approximate surface area is 153 Å². The maximum Gasteiger partial charge on any atom is 0.222 e. The lowest BCUT2D eigenvalue weighted by Crippen LogP contribution is -2.39. The van der Waals surface area contributed by atoms with Crippen molar-refractivity contribution in [1.29, 1.82) is 0 Å². The van der Waals surface area contributed by atoms with Crippen molar-refractivity contribution in [3.8, 4) is 0 Å². The van der Waals surface area contributed by atoms with Gasteiger partial charge in [0.15, 0.2) is 0 Å². The summed E-state index contributed by atoms with van der Waals surface area (Å²) in [6.07, 6.45) is 2.73. The average molecular weight is 346 g/mol. The van der Waals surface area contributed by atoms with Gasteiger partial charge in [-0.15, -0.1) is 0 Å². The molecule has 4 nitrogen and oxygen atoms in total. The smallest absolute Gasteiger partial charge is 0.222 e. The number of carbonyl (C=O) groups is 1. The molecule has 0 spiro atoms. The highest BCUT2D eigenvalue weighted by Gasteiger charge is 2.25. The minimum absolute atomic E-state index is 0.308. The van der Waals surface area contributed by atoms with Crippen molar-refractivity contribution in [3.05, 3.63) is 35.4 Å². The van der Waals surface area contributed by atoms with Gasteiger partial charge < -0.3 is 14.7 Å². The Morgan fingerprint density at radius 3 is 2.52 bits per heavy atom. The fraction of sp³-hybridized carbons (Fsp3) is 0.667. The zero-order valence-electron chi connectivity index (χ0n) is 16.5. The first-order valence-corrected chi connectivity index (χ1v) is 9.80. The van der Waals surface area contributed by atoms with Crippen LogP contribution in [-0.2, 0) is 11.3 Å². The Kier molecular flexibility index (Phi) is 7.91. The van der Waals surface area contributed by atoms with Crippen LogP contribution in [0.3, 0.4) is 0 Å². The van der Waals surface area contributed by atoms with Crippen molar-refractivity contribution in [2.75, 3.05) is 39.8 Å². The standard InChI is InChI=1S/C21H35N3O/c1-5-23(6-2)16-15-22(4)20-11-12-21(25)24(14-13-20)17-19-10-8-7-9-18(19)3/h7-10,20H,5-6,11-17H2,1-4H3. The first-order valence-electron chi connectivity index (χ1n) is 9.80. The second kappa shape index (κ2) is 9.93. The number of nitrogens with zero attached hydrogens (tertiary/aromatic N) is 3. The van der Waals surface area contributed by atoms with E-state index in [1.165, 1.54) is 11.1 Å². The summed E-state index contributed by atoms with van der Waals surface area (Å²) < 4.78 is 0. The van der Waals surface area contributed by atoms with E-state index in [2.05, 4.69) is 66.8 Å². The predicted molar refractivity (Wildman–Crippen MR) is 105 cm³/mol. The molecule has 1 aromatic carbocycles. The van der Waals surface area contributed by atoms with Gasteiger partial charge in [0.25, 0.3) is 0 Å². The molecule has 1 saturated heterocycles. The average Bonchev–Trinajstić information content (AvgIpc) is 2.80. The fourth-order valence-corrected chi connectivity index (χ4v) is 3.64. The molecule has 140 valence electrons. The van der Waals surface area contributed by atoms with E-state index < -0.39 is 0 Å². The van der Waals surface area contributed by atoms with Gasteiger partial charge in [0.2, 0.25) is 5.91 Å². The Hall–Kier alpha value is -1.39. The number of carbonyl (C=O) groups excluding carboxylic acids is 1. The van der Waals surface area contributed by atoms with Gasteiger partial charge in [0.05, 0.1) is 0 Å². The van der Waals surface area contributed by atoms with Gasteiger partial charge in [0.1, 0.15) is 0 Å². The number of hydrogen-bond donors (Lipinski definition) is 0. The summed E-state index contributed by atoms with van der Waals surface area (Å²) in [4.78, 5) is 19.5. The number of likely N-dealkylation sites (tertiary alicyclic amines) is 1. The van der Waals surface area contributed by atoms with Crippen LogP contribution in [-0.4, -0.2) is 66.4 Å². The van der Waals surface area contributed by atoms with Crippen molar-refractivity contribution < 1.29 is 4.79 Å². The molecule has 1 aliphatic rings. The van der Waals surface area contributed by atoms with Gasteiger partial charge in [0, 0.05) is 38.6 Å². The number of benzene rings is 1. The van der Waals surface area contributed by atoms with E-state index in [1.807, 2.05) is 0 Å². The lowest BCUT2D eigenvalue weighted by Gasteiger charge is -2.29. The first-order chi connectivity index (χ1) is 12.0. The molecule has 0 radical (unpaired) electrons. The van der Waals surface area contributed by atoms with Crippen LogP contribution in [0, 0.1) is 6.92 Å². The zero-order valence-corrected chi connectivity index (χ0v) is 16.5. The number of likely N-dealkylation sites (N-methyl/N-ethyl adjacent to an activating group) is 2. The molecule has 4 heteroatoms. The third kappa shape index (κ3) is 5.82. The van der Waals surface area contributed by atoms with Crippen LogP contribution < -0.4 is 0 Å². The normalized spacial score (nSPS) is 18.9. The molecule has 1 aliphatic heterocycles. The number of amides is 1. The highest BCUT2D eigenvalue weighted by Crippen LogP contribution is 2.19. The topological polar surface area (TPSA) is 26.8 Å². The van der Waals surface area contributed by atoms with Crippen molar-refractivity contribution in [3.63, 3.8) is 0 Å². The summed E-state index contributed by atoms with van der Waals surface area (Å²) in [5, 5.41) is 0. The molecular weight excluding hydrogens is 310 g/mol. The molecule has 1 aromatic rings. The minimum atomic E-state index is 0.308. The third-order valence-corrected chi connectivity index (χ3v) is 5.69. The fourth-order valence-electron chi connectivity index (χ4n) is 3.64. The lowest BCUT2D eigenvalue weighted by atomic mass is 10.1. The Bertz CT molecular complexity index is 542. The molecule has 2 rings (SSSR count). The van der Waals surface area contributed by atoms with Crippen molar-refractivity contribution in [1.82, 2.24) is 14.7 Å².